The van der Waals surface area contributed by atoms with Crippen molar-refractivity contribution in [2.24, 2.45) is 0 Å². The molecule has 14 heavy (non-hydrogen) atoms. The molecule has 0 aliphatic rings. The van der Waals surface area contributed by atoms with Gasteiger partial charge in [-0.05, 0) is 51.2 Å². The highest BCUT2D eigenvalue weighted by molar-refractivity contribution is 6.20. The predicted molar refractivity (Wildman–Crippen MR) is 64.1 cm³/mol. The van der Waals surface area contributed by atoms with Gasteiger partial charge in [0.15, 0.2) is 0 Å². The van der Waals surface area contributed by atoms with Gasteiger partial charge in [-0.2, -0.15) is 0 Å². The fourth-order valence-electron chi connectivity index (χ4n) is 1.24. The molecule has 3 heteroatoms. The molecule has 0 aromatic heterocycles. The minimum Gasteiger partial charge on any atom is -0.313 e. The van der Waals surface area contributed by atoms with Crippen molar-refractivity contribution in [1.29, 1.82) is 10.8 Å². The van der Waals surface area contributed by atoms with E-state index in [1.807, 2.05) is 0 Å². The number of nitrogens with one attached hydrogen (secondary N) is 2. The fraction of sp³-hybridized carbons (Fsp3) is 0.818. The first-order chi connectivity index (χ1) is 6.70. The van der Waals surface area contributed by atoms with E-state index in [1.54, 1.807) is 0 Å². The number of alkyl halides is 1. The highest BCUT2D eigenvalue weighted by atomic mass is 35.5. The van der Waals surface area contributed by atoms with Gasteiger partial charge in [-0.3, -0.25) is 0 Å². The Morgan fingerprint density at radius 3 is 2.64 bits per heavy atom. The number of hydrogen-bond donors (Lipinski definition) is 2. The second-order valence-electron chi connectivity index (χ2n) is 3.60. The van der Waals surface area contributed by atoms with E-state index in [4.69, 9.17) is 22.4 Å². The van der Waals surface area contributed by atoms with Crippen molar-refractivity contribution in [2.75, 3.05) is 0 Å². The maximum atomic E-state index is 7.68. The number of rotatable bonds is 9. The minimum absolute atomic E-state index is 0.233. The molecule has 2 nitrogen and oxygen atoms in total. The van der Waals surface area contributed by atoms with Gasteiger partial charge in [-0.1, -0.05) is 6.92 Å². The van der Waals surface area contributed by atoms with E-state index >= 15 is 0 Å². The zero-order valence-electron chi connectivity index (χ0n) is 8.98. The molecule has 0 aliphatic carbocycles. The SMILES string of the molecule is CCC(Cl)CCC(=N)CCCCC=N. The standard InChI is InChI=1S/C11H21ClN2/c1-2-10(12)7-8-11(14)6-4-3-5-9-13/h9-10,13-14H,2-8H2,1H3. The van der Waals surface area contributed by atoms with Crippen LogP contribution in [-0.4, -0.2) is 17.3 Å². The summed E-state index contributed by atoms with van der Waals surface area (Å²) in [6, 6.07) is 0. The molecule has 0 fully saturated rings. The second kappa shape index (κ2) is 9.20. The molecule has 0 radical (unpaired) electrons. The zero-order valence-corrected chi connectivity index (χ0v) is 9.74. The van der Waals surface area contributed by atoms with Gasteiger partial charge >= 0.3 is 0 Å². The molecule has 0 bridgehead atoms. The summed E-state index contributed by atoms with van der Waals surface area (Å²) in [6.07, 6.45) is 7.99. The van der Waals surface area contributed by atoms with Crippen LogP contribution >= 0.6 is 11.6 Å². The van der Waals surface area contributed by atoms with Crippen molar-refractivity contribution in [3.63, 3.8) is 0 Å². The van der Waals surface area contributed by atoms with E-state index in [0.29, 0.717) is 0 Å². The molecule has 82 valence electrons. The topological polar surface area (TPSA) is 47.7 Å². The van der Waals surface area contributed by atoms with Crippen LogP contribution in [0, 0.1) is 10.8 Å². The molecule has 0 saturated carbocycles. The van der Waals surface area contributed by atoms with Gasteiger partial charge in [0.25, 0.3) is 0 Å². The van der Waals surface area contributed by atoms with Gasteiger partial charge in [0.05, 0.1) is 0 Å². The van der Waals surface area contributed by atoms with Crippen molar-refractivity contribution in [3.8, 4) is 0 Å². The van der Waals surface area contributed by atoms with Crippen LogP contribution in [0.5, 0.6) is 0 Å². The Kier molecular flexibility index (Phi) is 8.95. The Labute approximate surface area is 92.1 Å². The monoisotopic (exact) mass is 216 g/mol. The first kappa shape index (κ1) is 13.6. The summed E-state index contributed by atoms with van der Waals surface area (Å²) < 4.78 is 0. The van der Waals surface area contributed by atoms with Crippen molar-refractivity contribution < 1.29 is 0 Å². The van der Waals surface area contributed by atoms with Gasteiger partial charge in [-0.25, -0.2) is 0 Å². The highest BCUT2D eigenvalue weighted by Crippen LogP contribution is 2.11. The Morgan fingerprint density at radius 1 is 1.36 bits per heavy atom. The minimum atomic E-state index is 0.233. The summed E-state index contributed by atoms with van der Waals surface area (Å²) in [5, 5.41) is 14.8. The lowest BCUT2D eigenvalue weighted by Gasteiger charge is -2.06. The molecule has 0 aromatic carbocycles. The van der Waals surface area contributed by atoms with E-state index in [0.717, 1.165) is 50.7 Å². The van der Waals surface area contributed by atoms with E-state index < -0.39 is 0 Å². The molecule has 0 aromatic rings. The Morgan fingerprint density at radius 2 is 2.07 bits per heavy atom. The second-order valence-corrected chi connectivity index (χ2v) is 4.21. The fourth-order valence-corrected chi connectivity index (χ4v) is 1.35. The molecule has 2 N–H and O–H groups in total. The first-order valence-corrected chi connectivity index (χ1v) is 5.83. The maximum absolute atomic E-state index is 7.68. The summed E-state index contributed by atoms with van der Waals surface area (Å²) in [7, 11) is 0. The van der Waals surface area contributed by atoms with Crippen molar-refractivity contribution in [3.05, 3.63) is 0 Å². The lowest BCUT2D eigenvalue weighted by molar-refractivity contribution is 0.729. The number of unbranched alkanes of at least 4 members (excludes halogenated alkanes) is 2. The zero-order chi connectivity index (χ0) is 10.8. The summed E-state index contributed by atoms with van der Waals surface area (Å²) in [6.45, 7) is 2.07. The van der Waals surface area contributed by atoms with Gasteiger partial charge in [0, 0.05) is 11.1 Å². The van der Waals surface area contributed by atoms with Gasteiger partial charge in [0.2, 0.25) is 0 Å². The van der Waals surface area contributed by atoms with Gasteiger partial charge in [0.1, 0.15) is 0 Å². The Bertz CT molecular complexity index is 169. The third-order valence-corrected chi connectivity index (χ3v) is 2.81. The summed E-state index contributed by atoms with van der Waals surface area (Å²) in [5.74, 6) is 0. The van der Waals surface area contributed by atoms with Crippen LogP contribution in [0.2, 0.25) is 0 Å². The van der Waals surface area contributed by atoms with Crippen molar-refractivity contribution in [1.82, 2.24) is 0 Å². The number of hydrogen-bond acceptors (Lipinski definition) is 2. The van der Waals surface area contributed by atoms with Crippen LogP contribution in [0.25, 0.3) is 0 Å². The molecule has 0 saturated heterocycles. The highest BCUT2D eigenvalue weighted by Gasteiger charge is 2.03. The van der Waals surface area contributed by atoms with Crippen LogP contribution in [-0.2, 0) is 0 Å². The summed E-state index contributed by atoms with van der Waals surface area (Å²) in [5.41, 5.74) is 0.814. The maximum Gasteiger partial charge on any atom is 0.0337 e. The first-order valence-electron chi connectivity index (χ1n) is 5.40. The van der Waals surface area contributed by atoms with Crippen LogP contribution in [0.1, 0.15) is 51.9 Å². The molecule has 0 rings (SSSR count). The Hall–Kier alpha value is -0.370. The van der Waals surface area contributed by atoms with Crippen LogP contribution in [0.15, 0.2) is 0 Å². The van der Waals surface area contributed by atoms with Crippen molar-refractivity contribution in [2.45, 2.75) is 57.2 Å². The smallest absolute Gasteiger partial charge is 0.0337 e. The van der Waals surface area contributed by atoms with E-state index in [2.05, 4.69) is 6.92 Å². The molecule has 0 aliphatic heterocycles. The van der Waals surface area contributed by atoms with E-state index in [-0.39, 0.29) is 5.38 Å². The third kappa shape index (κ3) is 8.24. The van der Waals surface area contributed by atoms with Crippen molar-refractivity contribution >= 4 is 23.5 Å². The Balaban J connectivity index is 3.32. The lowest BCUT2D eigenvalue weighted by Crippen LogP contribution is -2.02. The summed E-state index contributed by atoms with van der Waals surface area (Å²) in [4.78, 5) is 0. The molecule has 1 unspecified atom stereocenters. The molecule has 1 atom stereocenters. The predicted octanol–water partition coefficient (Wildman–Crippen LogP) is 4.01. The van der Waals surface area contributed by atoms with Crippen LogP contribution in [0.3, 0.4) is 0 Å². The quantitative estimate of drug-likeness (QED) is 0.332. The van der Waals surface area contributed by atoms with Crippen LogP contribution < -0.4 is 0 Å². The molecule has 0 heterocycles. The van der Waals surface area contributed by atoms with Gasteiger partial charge < -0.3 is 10.8 Å². The molecular formula is C11H21ClN2. The molecule has 0 spiro atoms. The molecule has 0 amide bonds. The largest absolute Gasteiger partial charge is 0.313 e. The normalized spacial score (nSPS) is 12.4. The van der Waals surface area contributed by atoms with Crippen LogP contribution in [0.4, 0.5) is 0 Å². The molecular weight excluding hydrogens is 196 g/mol. The lowest BCUT2D eigenvalue weighted by atomic mass is 10.1. The third-order valence-electron chi connectivity index (χ3n) is 2.28. The van der Waals surface area contributed by atoms with E-state index in [9.17, 15) is 0 Å². The average molecular weight is 217 g/mol. The average Bonchev–Trinajstić information content (AvgIpc) is 2.21. The van der Waals surface area contributed by atoms with Gasteiger partial charge in [-0.15, -0.1) is 11.6 Å². The van der Waals surface area contributed by atoms with E-state index in [1.165, 1.54) is 6.21 Å². The number of halogens is 1. The summed E-state index contributed by atoms with van der Waals surface area (Å²) >= 11 is 5.97.